The molecular formula is C31H34N4O6S2. The van der Waals surface area contributed by atoms with Crippen molar-refractivity contribution in [2.45, 2.75) is 38.5 Å². The average Bonchev–Trinajstić information content (AvgIpc) is 3.49. The summed E-state index contributed by atoms with van der Waals surface area (Å²) in [5, 5.41) is 3.80. The van der Waals surface area contributed by atoms with Crippen LogP contribution in [-0.2, 0) is 11.3 Å². The van der Waals surface area contributed by atoms with Crippen LogP contribution in [0, 0.1) is 0 Å². The molecule has 0 radical (unpaired) electrons. The van der Waals surface area contributed by atoms with Crippen LogP contribution in [0.15, 0.2) is 51.4 Å². The predicted octanol–water partition coefficient (Wildman–Crippen LogP) is 6.02. The fourth-order valence-corrected chi connectivity index (χ4v) is 7.18. The fraction of sp³-hybridized carbons (Fsp3) is 0.355. The van der Waals surface area contributed by atoms with Gasteiger partial charge in [0.05, 0.1) is 30.6 Å². The standard InChI is InChI=1S/C31H34N4O6S2/c1-7-28(32-3)43-42-18(2)8-9-29(36)34(4)10-11-35-30-21-14-26-27(41-17-40-26)15-23(21)33-16-22(30)19-12-24(38-5)25(39-6)13-20(19)31(35)37/h7,12-16,18H,3,8-11,17H2,1-2,4-6H3/b28-7+. The molecule has 1 aliphatic heterocycles. The molecule has 4 aromatic rings. The zero-order chi connectivity index (χ0) is 30.7. The molecular weight excluding hydrogens is 588 g/mol. The van der Waals surface area contributed by atoms with Crippen molar-refractivity contribution in [1.29, 1.82) is 0 Å². The number of carbonyl (C=O) groups is 1. The van der Waals surface area contributed by atoms with Gasteiger partial charge in [-0.15, -0.1) is 0 Å². The summed E-state index contributed by atoms with van der Waals surface area (Å²) in [6.07, 6.45) is 4.79. The Morgan fingerprint density at radius 2 is 1.84 bits per heavy atom. The van der Waals surface area contributed by atoms with E-state index in [9.17, 15) is 9.59 Å². The molecule has 226 valence electrons. The predicted molar refractivity (Wildman–Crippen MR) is 175 cm³/mol. The molecule has 10 nitrogen and oxygen atoms in total. The van der Waals surface area contributed by atoms with Gasteiger partial charge >= 0.3 is 0 Å². The maximum atomic E-state index is 14.1. The van der Waals surface area contributed by atoms with E-state index in [1.807, 2.05) is 25.1 Å². The Kier molecular flexibility index (Phi) is 9.36. The maximum Gasteiger partial charge on any atom is 0.259 e. The Morgan fingerprint density at radius 3 is 2.51 bits per heavy atom. The van der Waals surface area contributed by atoms with Gasteiger partial charge in [0.2, 0.25) is 12.7 Å². The first-order chi connectivity index (χ1) is 20.8. The third-order valence-electron chi connectivity index (χ3n) is 7.44. The van der Waals surface area contributed by atoms with Crippen molar-refractivity contribution in [3.05, 3.63) is 51.9 Å². The number of methoxy groups -OCH3 is 2. The molecule has 5 rings (SSSR count). The Hall–Kier alpha value is -3.90. The molecule has 0 fully saturated rings. The van der Waals surface area contributed by atoms with Crippen molar-refractivity contribution in [2.75, 3.05) is 34.6 Å². The van der Waals surface area contributed by atoms with Crippen molar-refractivity contribution in [1.82, 2.24) is 14.5 Å². The van der Waals surface area contributed by atoms with E-state index in [1.165, 1.54) is 7.11 Å². The number of rotatable bonds is 12. The van der Waals surface area contributed by atoms with Gasteiger partial charge in [-0.3, -0.25) is 19.6 Å². The Bertz CT molecular complexity index is 1810. The van der Waals surface area contributed by atoms with Crippen molar-refractivity contribution in [3.63, 3.8) is 0 Å². The van der Waals surface area contributed by atoms with Crippen LogP contribution in [0.2, 0.25) is 0 Å². The lowest BCUT2D eigenvalue weighted by Gasteiger charge is -2.21. The molecule has 12 heteroatoms. The highest BCUT2D eigenvalue weighted by Gasteiger charge is 2.22. The average molecular weight is 623 g/mol. The third-order valence-corrected chi connectivity index (χ3v) is 10.4. The lowest BCUT2D eigenvalue weighted by molar-refractivity contribution is -0.130. The highest BCUT2D eigenvalue weighted by atomic mass is 33.1. The lowest BCUT2D eigenvalue weighted by Crippen LogP contribution is -2.33. The van der Waals surface area contributed by atoms with Gasteiger partial charge in [-0.25, -0.2) is 0 Å². The van der Waals surface area contributed by atoms with Gasteiger partial charge in [0.25, 0.3) is 5.56 Å². The van der Waals surface area contributed by atoms with E-state index >= 15 is 0 Å². The molecule has 0 saturated heterocycles. The largest absolute Gasteiger partial charge is 0.493 e. The van der Waals surface area contributed by atoms with Crippen LogP contribution in [0.5, 0.6) is 23.0 Å². The molecule has 43 heavy (non-hydrogen) atoms. The summed E-state index contributed by atoms with van der Waals surface area (Å²) in [4.78, 5) is 37.6. The molecule has 1 unspecified atom stereocenters. The second-order valence-corrected chi connectivity index (χ2v) is 12.7. The molecule has 1 atom stereocenters. The number of carbonyl (C=O) groups excluding carboxylic acids is 1. The number of hydrogen-bond donors (Lipinski definition) is 0. The van der Waals surface area contributed by atoms with E-state index in [1.54, 1.807) is 63.5 Å². The molecule has 1 aliphatic rings. The van der Waals surface area contributed by atoms with E-state index in [2.05, 4.69) is 18.6 Å². The topological polar surface area (TPSA) is 104 Å². The number of amides is 1. The van der Waals surface area contributed by atoms with Crippen molar-refractivity contribution in [3.8, 4) is 23.0 Å². The van der Waals surface area contributed by atoms with Crippen molar-refractivity contribution < 1.29 is 23.7 Å². The number of likely N-dealkylation sites (N-methyl/N-ethyl adjacent to an activating group) is 1. The molecule has 0 aliphatic carbocycles. The number of fused-ring (bicyclic) bond motifs is 6. The van der Waals surface area contributed by atoms with Gasteiger partial charge in [-0.2, -0.15) is 0 Å². The minimum atomic E-state index is -0.202. The SMILES string of the molecule is C=N/C(=C\C)SSC(C)CCC(=O)N(C)CCn1c(=O)c2cc(OC)c(OC)cc2c2cnc3cc4c(cc3c21)OCO4. The van der Waals surface area contributed by atoms with Crippen LogP contribution in [0.4, 0.5) is 0 Å². The highest BCUT2D eigenvalue weighted by molar-refractivity contribution is 8.78. The van der Waals surface area contributed by atoms with Crippen LogP contribution in [0.1, 0.15) is 26.7 Å². The summed E-state index contributed by atoms with van der Waals surface area (Å²) in [5.74, 6) is 2.19. The van der Waals surface area contributed by atoms with Crippen LogP contribution in [0.3, 0.4) is 0 Å². The zero-order valence-electron chi connectivity index (χ0n) is 24.8. The first kappa shape index (κ1) is 30.6. The second kappa shape index (κ2) is 13.2. The zero-order valence-corrected chi connectivity index (χ0v) is 26.5. The summed E-state index contributed by atoms with van der Waals surface area (Å²) in [7, 11) is 8.10. The van der Waals surface area contributed by atoms with Gasteiger partial charge < -0.3 is 28.4 Å². The van der Waals surface area contributed by atoms with Gasteiger partial charge in [-0.1, -0.05) is 23.8 Å². The minimum absolute atomic E-state index is 0.0185. The number of allylic oxidation sites excluding steroid dienone is 1. The molecule has 3 heterocycles. The quantitative estimate of drug-likeness (QED) is 0.107. The van der Waals surface area contributed by atoms with E-state index in [4.69, 9.17) is 23.9 Å². The smallest absolute Gasteiger partial charge is 0.259 e. The van der Waals surface area contributed by atoms with Crippen LogP contribution in [0.25, 0.3) is 32.6 Å². The molecule has 2 aromatic heterocycles. The summed E-state index contributed by atoms with van der Waals surface area (Å²) in [6, 6.07) is 7.19. The number of benzene rings is 2. The first-order valence-electron chi connectivity index (χ1n) is 13.8. The number of nitrogens with zero attached hydrogens (tertiary/aromatic N) is 4. The molecule has 0 saturated carbocycles. The Morgan fingerprint density at radius 1 is 1.14 bits per heavy atom. The molecule has 0 N–H and O–H groups in total. The van der Waals surface area contributed by atoms with Crippen molar-refractivity contribution in [2.24, 2.45) is 4.99 Å². The van der Waals surface area contributed by atoms with E-state index in [0.29, 0.717) is 57.8 Å². The molecule has 1 amide bonds. The van der Waals surface area contributed by atoms with Crippen LogP contribution in [-0.4, -0.2) is 66.9 Å². The monoisotopic (exact) mass is 622 g/mol. The molecule has 2 aromatic carbocycles. The minimum Gasteiger partial charge on any atom is -0.493 e. The third kappa shape index (κ3) is 6.12. The maximum absolute atomic E-state index is 14.1. The Balaban J connectivity index is 1.49. The number of ether oxygens (including phenoxy) is 4. The van der Waals surface area contributed by atoms with Crippen LogP contribution >= 0.6 is 21.6 Å². The van der Waals surface area contributed by atoms with Crippen molar-refractivity contribution >= 4 is 66.8 Å². The highest BCUT2D eigenvalue weighted by Crippen LogP contribution is 2.40. The van der Waals surface area contributed by atoms with Crippen LogP contribution < -0.4 is 24.5 Å². The summed E-state index contributed by atoms with van der Waals surface area (Å²) in [5.41, 5.74) is 1.17. The van der Waals surface area contributed by atoms with Gasteiger partial charge in [0, 0.05) is 60.2 Å². The fourth-order valence-electron chi connectivity index (χ4n) is 5.03. The summed E-state index contributed by atoms with van der Waals surface area (Å²) < 4.78 is 24.0. The molecule has 0 spiro atoms. The Labute approximate surface area is 257 Å². The van der Waals surface area contributed by atoms with Gasteiger partial charge in [0.15, 0.2) is 23.0 Å². The second-order valence-electron chi connectivity index (χ2n) is 10.1. The summed E-state index contributed by atoms with van der Waals surface area (Å²) in [6.45, 7) is 8.35. The van der Waals surface area contributed by atoms with Gasteiger partial charge in [-0.05, 0) is 49.1 Å². The number of pyridine rings is 2. The number of aromatic nitrogens is 2. The van der Waals surface area contributed by atoms with E-state index < -0.39 is 0 Å². The lowest BCUT2D eigenvalue weighted by atomic mass is 10.0. The van der Waals surface area contributed by atoms with Gasteiger partial charge in [0.1, 0.15) is 5.03 Å². The molecule has 0 bridgehead atoms. The van der Waals surface area contributed by atoms with E-state index in [-0.39, 0.29) is 30.1 Å². The number of hydrogen-bond acceptors (Lipinski definition) is 10. The normalized spacial score (nSPS) is 13.5. The summed E-state index contributed by atoms with van der Waals surface area (Å²) >= 11 is 0. The first-order valence-corrected chi connectivity index (χ1v) is 16.0. The van der Waals surface area contributed by atoms with E-state index in [0.717, 1.165) is 22.2 Å². The number of aliphatic imine (C=N–C) groups is 1.